The van der Waals surface area contributed by atoms with Crippen LogP contribution < -0.4 is 10.1 Å². The fourth-order valence-electron chi connectivity index (χ4n) is 4.65. The number of hydrogen-bond acceptors (Lipinski definition) is 4. The smallest absolute Gasteiger partial charge is 0.253 e. The van der Waals surface area contributed by atoms with Crippen molar-refractivity contribution in [3.05, 3.63) is 66.1 Å². The number of pyridine rings is 1. The Hall–Kier alpha value is -2.28. The number of benzene rings is 1. The maximum atomic E-state index is 13.1. The van der Waals surface area contributed by atoms with E-state index in [1.165, 1.54) is 12.8 Å². The van der Waals surface area contributed by atoms with Gasteiger partial charge in [0.05, 0.1) is 5.69 Å². The van der Waals surface area contributed by atoms with Gasteiger partial charge in [0.15, 0.2) is 0 Å². The maximum Gasteiger partial charge on any atom is 0.253 e. The molecule has 4 heterocycles. The van der Waals surface area contributed by atoms with E-state index in [-0.39, 0.29) is 30.7 Å². The van der Waals surface area contributed by atoms with Crippen molar-refractivity contribution in [1.29, 1.82) is 0 Å². The van der Waals surface area contributed by atoms with Gasteiger partial charge in [0.25, 0.3) is 5.91 Å². The van der Waals surface area contributed by atoms with Gasteiger partial charge in [0.2, 0.25) is 0 Å². The Kier molecular flexibility index (Phi) is 7.46. The molecule has 0 aliphatic carbocycles. The number of rotatable bonds is 5. The molecule has 0 spiro atoms. The Labute approximate surface area is 194 Å². The monoisotopic (exact) mass is 462 g/mol. The summed E-state index contributed by atoms with van der Waals surface area (Å²) in [5.41, 5.74) is 2.42. The number of nitrogens with zero attached hydrogens (tertiary/aromatic N) is 3. The van der Waals surface area contributed by atoms with Crippen LogP contribution in [-0.4, -0.2) is 45.4 Å². The van der Waals surface area contributed by atoms with Crippen molar-refractivity contribution in [3.63, 3.8) is 0 Å². The number of halogens is 2. The highest BCUT2D eigenvalue weighted by atomic mass is 35.5. The zero-order valence-corrected chi connectivity index (χ0v) is 19.1. The summed E-state index contributed by atoms with van der Waals surface area (Å²) in [4.78, 5) is 19.5. The average molecular weight is 463 g/mol. The molecule has 2 unspecified atom stereocenters. The number of amides is 1. The molecule has 1 amide bonds. The van der Waals surface area contributed by atoms with E-state index in [1.54, 1.807) is 0 Å². The largest absolute Gasteiger partial charge is 0.487 e. The standard InChI is InChI=1S/C23H26N4O2.2ClH/c1-26(20-12-17-8-9-18(13-20)24-17)23(28)16-5-4-6-21(11-16)29-15-19-14-27-10-3-2-7-22(27)25-19;;/h2-7,10-11,14,17-18,20,24H,8-9,12-13,15H2,1H3;2*1H. The van der Waals surface area contributed by atoms with Crippen LogP contribution in [0.5, 0.6) is 5.75 Å². The SMILES string of the molecule is CN(C(=O)c1cccc(OCc2cn3ccccc3n2)c1)C1CC2CCC(C1)N2.Cl.Cl. The molecule has 5 rings (SSSR count). The Morgan fingerprint density at radius 3 is 2.68 bits per heavy atom. The third kappa shape index (κ3) is 4.97. The summed E-state index contributed by atoms with van der Waals surface area (Å²) in [7, 11) is 1.93. The van der Waals surface area contributed by atoms with Crippen molar-refractivity contribution in [2.45, 2.75) is 50.4 Å². The first kappa shape index (κ1) is 23.4. The minimum Gasteiger partial charge on any atom is -0.487 e. The van der Waals surface area contributed by atoms with Gasteiger partial charge < -0.3 is 19.4 Å². The van der Waals surface area contributed by atoms with E-state index in [2.05, 4.69) is 10.3 Å². The Bertz CT molecular complexity index is 996. The van der Waals surface area contributed by atoms with Crippen LogP contribution >= 0.6 is 24.8 Å². The Balaban J connectivity index is 0.00000136. The molecule has 2 atom stereocenters. The molecule has 3 aromatic rings. The van der Waals surface area contributed by atoms with Crippen molar-refractivity contribution in [1.82, 2.24) is 19.6 Å². The zero-order valence-electron chi connectivity index (χ0n) is 17.4. The van der Waals surface area contributed by atoms with Crippen LogP contribution in [-0.2, 0) is 6.61 Å². The quantitative estimate of drug-likeness (QED) is 0.619. The molecule has 2 aliphatic heterocycles. The van der Waals surface area contributed by atoms with Crippen molar-refractivity contribution in [3.8, 4) is 5.75 Å². The van der Waals surface area contributed by atoms with E-state index in [4.69, 9.17) is 4.74 Å². The van der Waals surface area contributed by atoms with E-state index in [9.17, 15) is 4.79 Å². The summed E-state index contributed by atoms with van der Waals surface area (Å²) >= 11 is 0. The van der Waals surface area contributed by atoms with Gasteiger partial charge >= 0.3 is 0 Å². The number of fused-ring (bicyclic) bond motifs is 3. The number of aromatic nitrogens is 2. The number of carbonyl (C=O) groups excluding carboxylic acids is 1. The molecule has 6 nitrogen and oxygen atoms in total. The van der Waals surface area contributed by atoms with Crippen molar-refractivity contribution >= 4 is 36.4 Å². The van der Waals surface area contributed by atoms with Crippen LogP contribution in [0.1, 0.15) is 41.7 Å². The van der Waals surface area contributed by atoms with E-state index in [0.29, 0.717) is 36.0 Å². The number of hydrogen-bond donors (Lipinski definition) is 1. The van der Waals surface area contributed by atoms with Crippen molar-refractivity contribution in [2.24, 2.45) is 0 Å². The second-order valence-corrected chi connectivity index (χ2v) is 8.19. The molecule has 31 heavy (non-hydrogen) atoms. The number of nitrogens with one attached hydrogen (secondary N) is 1. The lowest BCUT2D eigenvalue weighted by Gasteiger charge is -2.35. The summed E-state index contributed by atoms with van der Waals surface area (Å²) in [5, 5.41) is 3.64. The zero-order chi connectivity index (χ0) is 19.8. The predicted octanol–water partition coefficient (Wildman–Crippen LogP) is 4.11. The van der Waals surface area contributed by atoms with Gasteiger partial charge in [-0.15, -0.1) is 24.8 Å². The summed E-state index contributed by atoms with van der Waals surface area (Å²) in [6, 6.07) is 14.8. The Morgan fingerprint density at radius 2 is 1.94 bits per heavy atom. The molecular formula is C23H28Cl2N4O2. The van der Waals surface area contributed by atoms with Crippen LogP contribution in [0.25, 0.3) is 5.65 Å². The highest BCUT2D eigenvalue weighted by molar-refractivity contribution is 5.94. The molecular weight excluding hydrogens is 435 g/mol. The second-order valence-electron chi connectivity index (χ2n) is 8.19. The van der Waals surface area contributed by atoms with E-state index < -0.39 is 0 Å². The Morgan fingerprint density at radius 1 is 1.16 bits per heavy atom. The minimum atomic E-state index is 0. The van der Waals surface area contributed by atoms with Crippen LogP contribution in [0.15, 0.2) is 54.9 Å². The summed E-state index contributed by atoms with van der Waals surface area (Å²) in [5.74, 6) is 0.751. The third-order valence-corrected chi connectivity index (χ3v) is 6.20. The maximum absolute atomic E-state index is 13.1. The minimum absolute atomic E-state index is 0. The van der Waals surface area contributed by atoms with Gasteiger partial charge in [-0.2, -0.15) is 0 Å². The molecule has 166 valence electrons. The van der Waals surface area contributed by atoms with Gasteiger partial charge in [-0.25, -0.2) is 4.98 Å². The third-order valence-electron chi connectivity index (χ3n) is 6.20. The van der Waals surface area contributed by atoms with Gasteiger partial charge in [0, 0.05) is 43.1 Å². The molecule has 1 N–H and O–H groups in total. The molecule has 2 aromatic heterocycles. The van der Waals surface area contributed by atoms with Crippen LogP contribution in [0.3, 0.4) is 0 Å². The lowest BCUT2D eigenvalue weighted by Crippen LogP contribution is -2.48. The van der Waals surface area contributed by atoms with E-state index in [0.717, 1.165) is 24.2 Å². The van der Waals surface area contributed by atoms with Crippen LogP contribution in [0.4, 0.5) is 0 Å². The highest BCUT2D eigenvalue weighted by Crippen LogP contribution is 2.30. The average Bonchev–Trinajstić information content (AvgIpc) is 3.33. The van der Waals surface area contributed by atoms with Gasteiger partial charge in [-0.3, -0.25) is 4.79 Å². The molecule has 0 saturated carbocycles. The molecule has 2 aliphatic rings. The predicted molar refractivity (Wildman–Crippen MR) is 126 cm³/mol. The molecule has 0 radical (unpaired) electrons. The fraction of sp³-hybridized carbons (Fsp3) is 0.391. The first-order valence-electron chi connectivity index (χ1n) is 10.3. The molecule has 1 aromatic carbocycles. The van der Waals surface area contributed by atoms with Crippen molar-refractivity contribution in [2.75, 3.05) is 7.05 Å². The number of carbonyl (C=O) groups is 1. The lowest BCUT2D eigenvalue weighted by atomic mass is 9.98. The summed E-state index contributed by atoms with van der Waals surface area (Å²) < 4.78 is 7.90. The van der Waals surface area contributed by atoms with Gasteiger partial charge in [-0.05, 0) is 56.0 Å². The summed E-state index contributed by atoms with van der Waals surface area (Å²) in [6.45, 7) is 0.368. The highest BCUT2D eigenvalue weighted by Gasteiger charge is 2.36. The molecule has 2 fully saturated rings. The number of ether oxygens (including phenoxy) is 1. The fourth-order valence-corrected chi connectivity index (χ4v) is 4.65. The number of piperidine rings is 1. The van der Waals surface area contributed by atoms with E-state index >= 15 is 0 Å². The van der Waals surface area contributed by atoms with Gasteiger partial charge in [0.1, 0.15) is 18.0 Å². The number of imidazole rings is 1. The van der Waals surface area contributed by atoms with Crippen molar-refractivity contribution < 1.29 is 9.53 Å². The first-order valence-corrected chi connectivity index (χ1v) is 10.3. The summed E-state index contributed by atoms with van der Waals surface area (Å²) in [6.07, 6.45) is 8.48. The molecule has 8 heteroatoms. The lowest BCUT2D eigenvalue weighted by molar-refractivity contribution is 0.0681. The van der Waals surface area contributed by atoms with Crippen LogP contribution in [0.2, 0.25) is 0 Å². The normalized spacial score (nSPS) is 21.8. The molecule has 2 bridgehead atoms. The van der Waals surface area contributed by atoms with E-state index in [1.807, 2.05) is 71.2 Å². The van der Waals surface area contributed by atoms with Gasteiger partial charge in [-0.1, -0.05) is 12.1 Å². The van der Waals surface area contributed by atoms with Crippen LogP contribution in [0, 0.1) is 0 Å². The topological polar surface area (TPSA) is 58.9 Å². The molecule has 2 saturated heterocycles. The first-order chi connectivity index (χ1) is 14.2. The second kappa shape index (κ2) is 9.90.